The van der Waals surface area contributed by atoms with E-state index in [1.165, 1.54) is 30.5 Å². The number of ketones is 1. The number of amides is 1. The molecule has 2 aliphatic rings. The first kappa shape index (κ1) is 20.0. The Morgan fingerprint density at radius 3 is 2.70 bits per heavy atom. The minimum Gasteiger partial charge on any atom is -0.356 e. The summed E-state index contributed by atoms with van der Waals surface area (Å²) in [4.78, 5) is 30.9. The number of hydrogen-bond donors (Lipinski definition) is 1. The molecule has 0 spiro atoms. The summed E-state index contributed by atoms with van der Waals surface area (Å²) in [6.45, 7) is 5.97. The molecule has 1 atom stereocenters. The van der Waals surface area contributed by atoms with Crippen LogP contribution in [0.3, 0.4) is 0 Å². The highest BCUT2D eigenvalue weighted by atomic mass is 16.2. The first-order valence-corrected chi connectivity index (χ1v) is 10.5. The third kappa shape index (κ3) is 5.38. The first-order valence-electron chi connectivity index (χ1n) is 10.5. The fourth-order valence-corrected chi connectivity index (χ4v) is 4.20. The van der Waals surface area contributed by atoms with Gasteiger partial charge in [-0.05, 0) is 89.9 Å². The molecule has 2 heterocycles. The molecule has 5 heteroatoms. The van der Waals surface area contributed by atoms with Gasteiger partial charge in [0, 0.05) is 23.9 Å². The number of nitrogens with zero attached hydrogens (tertiary/aromatic N) is 2. The molecule has 1 saturated heterocycles. The average Bonchev–Trinajstić information content (AvgIpc) is 2.70. The monoisotopic (exact) mass is 371 g/mol. The van der Waals surface area contributed by atoms with Gasteiger partial charge in [0.1, 0.15) is 5.78 Å². The minimum atomic E-state index is -0.0295. The van der Waals surface area contributed by atoms with E-state index in [4.69, 9.17) is 4.98 Å². The molecular weight excluding hydrogens is 338 g/mol. The van der Waals surface area contributed by atoms with Crippen molar-refractivity contribution >= 4 is 11.7 Å². The van der Waals surface area contributed by atoms with E-state index in [9.17, 15) is 9.59 Å². The number of likely N-dealkylation sites (tertiary alicyclic amines) is 1. The number of Topliss-reactive ketones (excluding diaryl/α,β-unsaturated/α-hetero) is 1. The number of carbonyl (C=O) groups is 2. The zero-order chi connectivity index (χ0) is 19.2. The second-order valence-corrected chi connectivity index (χ2v) is 8.11. The fraction of sp³-hybridized carbons (Fsp3) is 0.682. The SMILES string of the molecule is CC(=O)C(C)N1CCC(C(=O)NCCCc2ccc3c(n2)CCCC3)CC1. The lowest BCUT2D eigenvalue weighted by Crippen LogP contribution is -2.46. The van der Waals surface area contributed by atoms with Crippen molar-refractivity contribution in [3.05, 3.63) is 29.1 Å². The summed E-state index contributed by atoms with van der Waals surface area (Å²) in [6, 6.07) is 4.36. The van der Waals surface area contributed by atoms with Crippen molar-refractivity contribution in [3.63, 3.8) is 0 Å². The normalized spacial score (nSPS) is 19.3. The number of hydrogen-bond acceptors (Lipinski definition) is 4. The molecule has 1 aromatic heterocycles. The number of aromatic nitrogens is 1. The van der Waals surface area contributed by atoms with E-state index >= 15 is 0 Å². The van der Waals surface area contributed by atoms with Crippen LogP contribution < -0.4 is 5.32 Å². The standard InChI is InChI=1S/C22H33N3O2/c1-16(17(2)26)25-14-11-19(12-15-25)22(27)23-13-5-7-20-10-9-18-6-3-4-8-21(18)24-20/h9-10,16,19H,3-8,11-15H2,1-2H3,(H,23,27). The second-order valence-electron chi connectivity index (χ2n) is 8.11. The molecule has 148 valence electrons. The van der Waals surface area contributed by atoms with Crippen molar-refractivity contribution in [2.24, 2.45) is 5.92 Å². The van der Waals surface area contributed by atoms with Crippen LogP contribution in [0.4, 0.5) is 0 Å². The molecule has 0 aromatic carbocycles. The summed E-state index contributed by atoms with van der Waals surface area (Å²) in [7, 11) is 0. The summed E-state index contributed by atoms with van der Waals surface area (Å²) in [5, 5.41) is 3.10. The summed E-state index contributed by atoms with van der Waals surface area (Å²) in [5.74, 6) is 0.458. The van der Waals surface area contributed by atoms with Crippen LogP contribution in [0.5, 0.6) is 0 Å². The molecular formula is C22H33N3O2. The van der Waals surface area contributed by atoms with Crippen LogP contribution in [-0.4, -0.2) is 47.3 Å². The molecule has 0 radical (unpaired) electrons. The molecule has 1 aromatic rings. The van der Waals surface area contributed by atoms with Crippen molar-refractivity contribution in [1.82, 2.24) is 15.2 Å². The van der Waals surface area contributed by atoms with Crippen molar-refractivity contribution in [2.45, 2.75) is 71.3 Å². The molecule has 3 rings (SSSR count). The van der Waals surface area contributed by atoms with E-state index in [-0.39, 0.29) is 23.7 Å². The van der Waals surface area contributed by atoms with Gasteiger partial charge in [0.2, 0.25) is 5.91 Å². The molecule has 1 aliphatic heterocycles. The van der Waals surface area contributed by atoms with Crippen LogP contribution in [0.1, 0.15) is 62.9 Å². The van der Waals surface area contributed by atoms with E-state index in [0.29, 0.717) is 6.54 Å². The molecule has 0 bridgehead atoms. The molecule has 1 unspecified atom stereocenters. The Labute approximate surface area is 162 Å². The zero-order valence-electron chi connectivity index (χ0n) is 16.8. The second kappa shape index (κ2) is 9.45. The Hall–Kier alpha value is -1.75. The molecule has 1 aliphatic carbocycles. The molecule has 0 saturated carbocycles. The van der Waals surface area contributed by atoms with E-state index in [1.54, 1.807) is 6.92 Å². The lowest BCUT2D eigenvalue weighted by molar-refractivity contribution is -0.127. The maximum absolute atomic E-state index is 12.4. The van der Waals surface area contributed by atoms with Gasteiger partial charge in [-0.3, -0.25) is 19.5 Å². The minimum absolute atomic E-state index is 0.0295. The van der Waals surface area contributed by atoms with Gasteiger partial charge in [-0.15, -0.1) is 0 Å². The Kier molecular flexibility index (Phi) is 7.00. The van der Waals surface area contributed by atoms with Crippen molar-refractivity contribution in [3.8, 4) is 0 Å². The van der Waals surface area contributed by atoms with Crippen LogP contribution in [0.15, 0.2) is 12.1 Å². The summed E-state index contributed by atoms with van der Waals surface area (Å²) in [5.41, 5.74) is 3.86. The van der Waals surface area contributed by atoms with Gasteiger partial charge in [0.15, 0.2) is 0 Å². The number of fused-ring (bicyclic) bond motifs is 1. The van der Waals surface area contributed by atoms with Crippen LogP contribution in [-0.2, 0) is 28.9 Å². The number of pyridine rings is 1. The highest BCUT2D eigenvalue weighted by Crippen LogP contribution is 2.21. The maximum Gasteiger partial charge on any atom is 0.223 e. The Morgan fingerprint density at radius 2 is 1.96 bits per heavy atom. The van der Waals surface area contributed by atoms with E-state index in [0.717, 1.165) is 50.9 Å². The van der Waals surface area contributed by atoms with E-state index in [2.05, 4.69) is 22.3 Å². The van der Waals surface area contributed by atoms with Crippen molar-refractivity contribution in [2.75, 3.05) is 19.6 Å². The van der Waals surface area contributed by atoms with Gasteiger partial charge in [0.05, 0.1) is 6.04 Å². The molecule has 5 nitrogen and oxygen atoms in total. The third-order valence-corrected chi connectivity index (χ3v) is 6.18. The van der Waals surface area contributed by atoms with Crippen LogP contribution >= 0.6 is 0 Å². The van der Waals surface area contributed by atoms with Gasteiger partial charge in [-0.25, -0.2) is 0 Å². The van der Waals surface area contributed by atoms with Crippen LogP contribution in [0.2, 0.25) is 0 Å². The summed E-state index contributed by atoms with van der Waals surface area (Å²) < 4.78 is 0. The van der Waals surface area contributed by atoms with Crippen LogP contribution in [0, 0.1) is 5.92 Å². The first-order chi connectivity index (χ1) is 13.0. The molecule has 27 heavy (non-hydrogen) atoms. The molecule has 1 fully saturated rings. The Morgan fingerprint density at radius 1 is 1.22 bits per heavy atom. The predicted octanol–water partition coefficient (Wildman–Crippen LogP) is 2.70. The largest absolute Gasteiger partial charge is 0.356 e. The highest BCUT2D eigenvalue weighted by Gasteiger charge is 2.28. The molecule has 1 N–H and O–H groups in total. The smallest absolute Gasteiger partial charge is 0.223 e. The predicted molar refractivity (Wildman–Crippen MR) is 107 cm³/mol. The van der Waals surface area contributed by atoms with Crippen molar-refractivity contribution < 1.29 is 9.59 Å². The fourth-order valence-electron chi connectivity index (χ4n) is 4.20. The number of aryl methyl sites for hydroxylation is 3. The quantitative estimate of drug-likeness (QED) is 0.749. The topological polar surface area (TPSA) is 62.3 Å². The number of nitrogens with one attached hydrogen (secondary N) is 1. The zero-order valence-corrected chi connectivity index (χ0v) is 16.8. The van der Waals surface area contributed by atoms with Gasteiger partial charge in [-0.2, -0.15) is 0 Å². The van der Waals surface area contributed by atoms with Gasteiger partial charge in [-0.1, -0.05) is 6.07 Å². The number of piperidine rings is 1. The average molecular weight is 372 g/mol. The Balaban J connectivity index is 1.36. The number of rotatable bonds is 7. The van der Waals surface area contributed by atoms with Gasteiger partial charge >= 0.3 is 0 Å². The summed E-state index contributed by atoms with van der Waals surface area (Å²) >= 11 is 0. The third-order valence-electron chi connectivity index (χ3n) is 6.18. The number of carbonyl (C=O) groups excluding carboxylic acids is 2. The van der Waals surface area contributed by atoms with Gasteiger partial charge < -0.3 is 5.32 Å². The van der Waals surface area contributed by atoms with Gasteiger partial charge in [0.25, 0.3) is 0 Å². The van der Waals surface area contributed by atoms with E-state index < -0.39 is 0 Å². The lowest BCUT2D eigenvalue weighted by Gasteiger charge is -2.34. The van der Waals surface area contributed by atoms with Crippen molar-refractivity contribution in [1.29, 1.82) is 0 Å². The van der Waals surface area contributed by atoms with E-state index in [1.807, 2.05) is 6.92 Å². The maximum atomic E-state index is 12.4. The lowest BCUT2D eigenvalue weighted by atomic mass is 9.94. The Bertz CT molecular complexity index is 666. The van der Waals surface area contributed by atoms with Crippen LogP contribution in [0.25, 0.3) is 0 Å². The summed E-state index contributed by atoms with van der Waals surface area (Å²) in [6.07, 6.45) is 8.35. The molecule has 1 amide bonds. The highest BCUT2D eigenvalue weighted by molar-refractivity contribution is 5.81.